The number of ether oxygens (including phenoxy) is 2. The van der Waals surface area contributed by atoms with Crippen molar-refractivity contribution in [2.24, 2.45) is 0 Å². The molecule has 0 spiro atoms. The van der Waals surface area contributed by atoms with E-state index in [9.17, 15) is 14.0 Å². The van der Waals surface area contributed by atoms with Crippen molar-refractivity contribution >= 4 is 27.7 Å². The van der Waals surface area contributed by atoms with Crippen LogP contribution in [-0.4, -0.2) is 25.0 Å². The molecule has 0 unspecified atom stereocenters. The molecule has 0 aliphatic carbocycles. The van der Waals surface area contributed by atoms with Gasteiger partial charge in [0, 0.05) is 10.0 Å². The summed E-state index contributed by atoms with van der Waals surface area (Å²) in [6, 6.07) is 8.35. The van der Waals surface area contributed by atoms with Crippen molar-refractivity contribution in [3.8, 4) is 11.5 Å². The van der Waals surface area contributed by atoms with Gasteiger partial charge in [0.25, 0.3) is 11.8 Å². The van der Waals surface area contributed by atoms with E-state index in [1.165, 1.54) is 12.1 Å². The summed E-state index contributed by atoms with van der Waals surface area (Å²) in [4.78, 5) is 24.1. The first-order chi connectivity index (χ1) is 11.5. The maximum Gasteiger partial charge on any atom is 0.270 e. The zero-order valence-electron chi connectivity index (χ0n) is 12.3. The van der Waals surface area contributed by atoms with Crippen molar-refractivity contribution in [2.45, 2.75) is 0 Å². The van der Waals surface area contributed by atoms with E-state index in [0.29, 0.717) is 30.3 Å². The molecular weight excluding hydrogens is 383 g/mol. The normalized spacial score (nSPS) is 12.4. The van der Waals surface area contributed by atoms with Gasteiger partial charge in [0.15, 0.2) is 11.5 Å². The fraction of sp³-hybridized carbons (Fsp3) is 0.125. The molecule has 2 aromatic rings. The molecule has 0 aromatic heterocycles. The van der Waals surface area contributed by atoms with Crippen LogP contribution in [0, 0.1) is 5.82 Å². The minimum Gasteiger partial charge on any atom is -0.486 e. The van der Waals surface area contributed by atoms with E-state index in [0.717, 1.165) is 12.1 Å². The number of hydrogen-bond donors (Lipinski definition) is 2. The van der Waals surface area contributed by atoms with Crippen molar-refractivity contribution in [3.63, 3.8) is 0 Å². The van der Waals surface area contributed by atoms with Crippen molar-refractivity contribution in [2.75, 3.05) is 13.2 Å². The molecule has 0 saturated heterocycles. The molecule has 0 fully saturated rings. The van der Waals surface area contributed by atoms with Crippen molar-refractivity contribution in [3.05, 3.63) is 57.8 Å². The molecule has 0 saturated carbocycles. The molecule has 6 nitrogen and oxygen atoms in total. The van der Waals surface area contributed by atoms with Crippen LogP contribution in [0.5, 0.6) is 11.5 Å². The van der Waals surface area contributed by atoms with Crippen LogP contribution >= 0.6 is 15.9 Å². The summed E-state index contributed by atoms with van der Waals surface area (Å²) in [5.41, 5.74) is 5.07. The second-order valence-corrected chi connectivity index (χ2v) is 5.75. The fourth-order valence-corrected chi connectivity index (χ4v) is 2.64. The number of fused-ring (bicyclic) bond motifs is 1. The van der Waals surface area contributed by atoms with Gasteiger partial charge in [-0.2, -0.15) is 0 Å². The average molecular weight is 395 g/mol. The Bertz CT molecular complexity index is 813. The monoisotopic (exact) mass is 394 g/mol. The van der Waals surface area contributed by atoms with E-state index in [1.807, 2.05) is 0 Å². The Balaban J connectivity index is 1.66. The van der Waals surface area contributed by atoms with Gasteiger partial charge in [0.05, 0.1) is 5.56 Å². The standard InChI is InChI=1S/C16H12BrFN2O4/c17-12-8-10(18)2-3-11(12)16(22)20-19-15(21)9-1-4-13-14(7-9)24-6-5-23-13/h1-4,7-8H,5-6H2,(H,19,21)(H,20,22). The summed E-state index contributed by atoms with van der Waals surface area (Å²) in [5, 5.41) is 0. The second kappa shape index (κ2) is 6.88. The quantitative estimate of drug-likeness (QED) is 0.766. The van der Waals surface area contributed by atoms with Crippen molar-refractivity contribution < 1.29 is 23.5 Å². The summed E-state index contributed by atoms with van der Waals surface area (Å²) in [5.74, 6) is -0.524. The Morgan fingerprint density at radius 1 is 0.958 bits per heavy atom. The lowest BCUT2D eigenvalue weighted by Gasteiger charge is -2.18. The summed E-state index contributed by atoms with van der Waals surface area (Å²) < 4.78 is 24.1. The number of hydrazine groups is 1. The van der Waals surface area contributed by atoms with Crippen LogP contribution in [0.3, 0.4) is 0 Å². The first-order valence-corrected chi connectivity index (χ1v) is 7.79. The van der Waals surface area contributed by atoms with Gasteiger partial charge in [0.1, 0.15) is 19.0 Å². The Kier molecular flexibility index (Phi) is 4.66. The molecule has 24 heavy (non-hydrogen) atoms. The van der Waals surface area contributed by atoms with E-state index in [1.54, 1.807) is 12.1 Å². The molecule has 0 radical (unpaired) electrons. The molecule has 2 N–H and O–H groups in total. The SMILES string of the molecule is O=C(NNC(=O)c1ccc(F)cc1Br)c1ccc2c(c1)OCCO2. The average Bonchev–Trinajstić information content (AvgIpc) is 2.59. The predicted molar refractivity (Wildman–Crippen MR) is 86.5 cm³/mol. The number of hydrogen-bond acceptors (Lipinski definition) is 4. The molecule has 0 atom stereocenters. The largest absolute Gasteiger partial charge is 0.486 e. The van der Waals surface area contributed by atoms with Gasteiger partial charge in [-0.05, 0) is 52.3 Å². The molecule has 1 heterocycles. The number of carbonyl (C=O) groups is 2. The fourth-order valence-electron chi connectivity index (χ4n) is 2.11. The zero-order chi connectivity index (χ0) is 17.1. The summed E-state index contributed by atoms with van der Waals surface area (Å²) in [6.45, 7) is 0.870. The van der Waals surface area contributed by atoms with Gasteiger partial charge < -0.3 is 9.47 Å². The van der Waals surface area contributed by atoms with E-state index in [-0.39, 0.29) is 10.0 Å². The van der Waals surface area contributed by atoms with Crippen LogP contribution in [0.15, 0.2) is 40.9 Å². The van der Waals surface area contributed by atoms with Crippen LogP contribution in [0.25, 0.3) is 0 Å². The number of halogens is 2. The van der Waals surface area contributed by atoms with Gasteiger partial charge >= 0.3 is 0 Å². The van der Waals surface area contributed by atoms with Crippen LogP contribution in [0.4, 0.5) is 4.39 Å². The van der Waals surface area contributed by atoms with E-state index >= 15 is 0 Å². The highest BCUT2D eigenvalue weighted by atomic mass is 79.9. The number of carbonyl (C=O) groups excluding carboxylic acids is 2. The van der Waals surface area contributed by atoms with Gasteiger partial charge in [0.2, 0.25) is 0 Å². The van der Waals surface area contributed by atoms with Gasteiger partial charge in [-0.3, -0.25) is 20.4 Å². The maximum atomic E-state index is 13.0. The molecule has 1 aliphatic heterocycles. The van der Waals surface area contributed by atoms with Gasteiger partial charge in [-0.15, -0.1) is 0 Å². The van der Waals surface area contributed by atoms with E-state index in [4.69, 9.17) is 9.47 Å². The molecule has 1 aliphatic rings. The summed E-state index contributed by atoms with van der Waals surface area (Å²) in [7, 11) is 0. The smallest absolute Gasteiger partial charge is 0.270 e. The lowest BCUT2D eigenvalue weighted by molar-refractivity contribution is 0.0845. The molecule has 2 amide bonds. The highest BCUT2D eigenvalue weighted by Crippen LogP contribution is 2.30. The first-order valence-electron chi connectivity index (χ1n) is 7.00. The van der Waals surface area contributed by atoms with Crippen LogP contribution in [-0.2, 0) is 0 Å². The third-order valence-corrected chi connectivity index (χ3v) is 3.93. The highest BCUT2D eigenvalue weighted by Gasteiger charge is 2.16. The molecule has 3 rings (SSSR count). The molecule has 8 heteroatoms. The Morgan fingerprint density at radius 3 is 2.42 bits per heavy atom. The molecule has 0 bridgehead atoms. The maximum absolute atomic E-state index is 13.0. The van der Waals surface area contributed by atoms with E-state index in [2.05, 4.69) is 26.8 Å². The molecular formula is C16H12BrFN2O4. The zero-order valence-corrected chi connectivity index (χ0v) is 13.9. The van der Waals surface area contributed by atoms with Crippen LogP contribution in [0.2, 0.25) is 0 Å². The number of nitrogens with one attached hydrogen (secondary N) is 2. The van der Waals surface area contributed by atoms with Gasteiger partial charge in [-0.1, -0.05) is 0 Å². The second-order valence-electron chi connectivity index (χ2n) is 4.89. The minimum atomic E-state index is -0.576. The Labute approximate surface area is 145 Å². The van der Waals surface area contributed by atoms with Crippen LogP contribution < -0.4 is 20.3 Å². The number of rotatable bonds is 2. The van der Waals surface area contributed by atoms with Crippen molar-refractivity contribution in [1.82, 2.24) is 10.9 Å². The summed E-state index contributed by atoms with van der Waals surface area (Å²) >= 11 is 3.10. The minimum absolute atomic E-state index is 0.193. The molecule has 2 aromatic carbocycles. The summed E-state index contributed by atoms with van der Waals surface area (Å²) in [6.07, 6.45) is 0. The molecule has 124 valence electrons. The van der Waals surface area contributed by atoms with Crippen molar-refractivity contribution in [1.29, 1.82) is 0 Å². The Hall–Kier alpha value is -2.61. The number of benzene rings is 2. The highest BCUT2D eigenvalue weighted by molar-refractivity contribution is 9.10. The van der Waals surface area contributed by atoms with E-state index < -0.39 is 17.6 Å². The topological polar surface area (TPSA) is 76.7 Å². The van der Waals surface area contributed by atoms with Crippen LogP contribution in [0.1, 0.15) is 20.7 Å². The Morgan fingerprint density at radius 2 is 1.67 bits per heavy atom. The lowest BCUT2D eigenvalue weighted by atomic mass is 10.2. The van der Waals surface area contributed by atoms with Gasteiger partial charge in [-0.25, -0.2) is 4.39 Å². The first kappa shape index (κ1) is 16.3. The third kappa shape index (κ3) is 3.48. The lowest BCUT2D eigenvalue weighted by Crippen LogP contribution is -2.41. The third-order valence-electron chi connectivity index (χ3n) is 3.27. The number of amides is 2. The predicted octanol–water partition coefficient (Wildman–Crippen LogP) is 2.43.